The fraction of sp³-hybridized carbons (Fsp3) is 0.480. The molecule has 1 amide bonds. The Labute approximate surface area is 204 Å². The zero-order chi connectivity index (χ0) is 22.9. The molecular formula is C25H30ClN5OS. The second-order valence-corrected chi connectivity index (χ2v) is 10.6. The lowest BCUT2D eigenvalue weighted by molar-refractivity contribution is -0.136. The van der Waals surface area contributed by atoms with Crippen molar-refractivity contribution < 1.29 is 4.79 Å². The molecule has 5 rings (SSSR count). The van der Waals surface area contributed by atoms with Crippen LogP contribution in [0.15, 0.2) is 30.6 Å². The number of piperazine rings is 1. The van der Waals surface area contributed by atoms with Crippen LogP contribution in [0.25, 0.3) is 10.2 Å². The standard InChI is InChI=1S/C25H30ClN5OS/c1-3-20-14-21-23(27-16-28-24(21)33-20)31-8-4-5-18(15-31)25(32)30-11-9-29(10-12-30)22-13-19(26)7-6-17(22)2/h6-7,13-14,16,18H,3-5,8-12,15H2,1-2H3/t18-/m1/s1. The first-order valence-corrected chi connectivity index (χ1v) is 13.0. The van der Waals surface area contributed by atoms with Gasteiger partial charge in [-0.25, -0.2) is 9.97 Å². The maximum Gasteiger partial charge on any atom is 0.227 e. The summed E-state index contributed by atoms with van der Waals surface area (Å²) in [5.41, 5.74) is 2.39. The number of piperidine rings is 1. The summed E-state index contributed by atoms with van der Waals surface area (Å²) < 4.78 is 0. The van der Waals surface area contributed by atoms with E-state index in [2.05, 4.69) is 50.6 Å². The zero-order valence-electron chi connectivity index (χ0n) is 19.3. The molecule has 2 aromatic heterocycles. The van der Waals surface area contributed by atoms with Crippen LogP contribution in [0.2, 0.25) is 5.02 Å². The largest absolute Gasteiger partial charge is 0.368 e. The Bertz CT molecular complexity index is 1160. The van der Waals surface area contributed by atoms with Gasteiger partial charge in [-0.05, 0) is 49.9 Å². The molecule has 0 unspecified atom stereocenters. The van der Waals surface area contributed by atoms with Gasteiger partial charge in [-0.2, -0.15) is 0 Å². The number of aryl methyl sites for hydroxylation is 2. The molecule has 0 spiro atoms. The highest BCUT2D eigenvalue weighted by atomic mass is 35.5. The summed E-state index contributed by atoms with van der Waals surface area (Å²) >= 11 is 7.96. The molecule has 6 nitrogen and oxygen atoms in total. The summed E-state index contributed by atoms with van der Waals surface area (Å²) in [7, 11) is 0. The maximum atomic E-state index is 13.4. The molecule has 3 aromatic rings. The predicted octanol–water partition coefficient (Wildman–Crippen LogP) is 4.78. The number of hydrogen-bond donors (Lipinski definition) is 0. The number of nitrogens with zero attached hydrogens (tertiary/aromatic N) is 5. The normalized spacial score (nSPS) is 19.4. The van der Waals surface area contributed by atoms with Crippen molar-refractivity contribution in [3.8, 4) is 0 Å². The van der Waals surface area contributed by atoms with Gasteiger partial charge in [0.1, 0.15) is 17.0 Å². The van der Waals surface area contributed by atoms with Crippen LogP contribution in [0, 0.1) is 12.8 Å². The smallest absolute Gasteiger partial charge is 0.227 e. The molecule has 0 aliphatic carbocycles. The van der Waals surface area contributed by atoms with Crippen molar-refractivity contribution in [2.75, 3.05) is 49.1 Å². The number of hydrogen-bond acceptors (Lipinski definition) is 6. The van der Waals surface area contributed by atoms with Crippen molar-refractivity contribution in [2.24, 2.45) is 5.92 Å². The molecular weight excluding hydrogens is 454 g/mol. The molecule has 2 aliphatic rings. The highest BCUT2D eigenvalue weighted by molar-refractivity contribution is 7.18. The fourth-order valence-corrected chi connectivity index (χ4v) is 6.14. The minimum atomic E-state index is 0.0208. The van der Waals surface area contributed by atoms with Crippen molar-refractivity contribution in [2.45, 2.75) is 33.1 Å². The molecule has 2 aliphatic heterocycles. The van der Waals surface area contributed by atoms with Crippen molar-refractivity contribution >= 4 is 50.6 Å². The highest BCUT2D eigenvalue weighted by Crippen LogP contribution is 2.33. The van der Waals surface area contributed by atoms with E-state index in [9.17, 15) is 4.79 Å². The molecule has 2 fully saturated rings. The van der Waals surface area contributed by atoms with Crippen LogP contribution in [0.3, 0.4) is 0 Å². The molecule has 4 heterocycles. The molecule has 174 valence electrons. The van der Waals surface area contributed by atoms with Crippen LogP contribution in [0.1, 0.15) is 30.2 Å². The summed E-state index contributed by atoms with van der Waals surface area (Å²) in [5.74, 6) is 1.29. The van der Waals surface area contributed by atoms with Gasteiger partial charge in [-0.15, -0.1) is 11.3 Å². The first-order chi connectivity index (χ1) is 16.0. The Kier molecular flexibility index (Phi) is 6.43. The molecule has 2 saturated heterocycles. The van der Waals surface area contributed by atoms with Gasteiger partial charge in [0.05, 0.1) is 11.3 Å². The Morgan fingerprint density at radius 1 is 1.12 bits per heavy atom. The SMILES string of the molecule is CCc1cc2c(N3CCC[C@@H](C(=O)N4CCN(c5cc(Cl)ccc5C)CC4)C3)ncnc2s1. The summed E-state index contributed by atoms with van der Waals surface area (Å²) in [6, 6.07) is 8.24. The van der Waals surface area contributed by atoms with Crippen LogP contribution in [0.5, 0.6) is 0 Å². The van der Waals surface area contributed by atoms with E-state index in [1.807, 2.05) is 12.1 Å². The number of halogens is 1. The third-order valence-corrected chi connectivity index (χ3v) is 8.30. The second kappa shape index (κ2) is 9.47. The zero-order valence-corrected chi connectivity index (χ0v) is 20.8. The van der Waals surface area contributed by atoms with Crippen LogP contribution in [0.4, 0.5) is 11.5 Å². The van der Waals surface area contributed by atoms with Crippen molar-refractivity contribution in [1.82, 2.24) is 14.9 Å². The lowest BCUT2D eigenvalue weighted by Crippen LogP contribution is -2.52. The number of anilines is 2. The van der Waals surface area contributed by atoms with Gasteiger partial charge in [0.2, 0.25) is 5.91 Å². The minimum Gasteiger partial charge on any atom is -0.368 e. The number of fused-ring (bicyclic) bond motifs is 1. The van der Waals surface area contributed by atoms with Crippen molar-refractivity contribution in [1.29, 1.82) is 0 Å². The molecule has 0 radical (unpaired) electrons. The molecule has 0 saturated carbocycles. The highest BCUT2D eigenvalue weighted by Gasteiger charge is 2.32. The fourth-order valence-electron chi connectivity index (χ4n) is 5.04. The monoisotopic (exact) mass is 483 g/mol. The molecule has 1 atom stereocenters. The van der Waals surface area contributed by atoms with Crippen molar-refractivity contribution in [3.05, 3.63) is 46.1 Å². The van der Waals surface area contributed by atoms with E-state index in [-0.39, 0.29) is 11.8 Å². The number of benzene rings is 1. The molecule has 1 aromatic carbocycles. The van der Waals surface area contributed by atoms with Gasteiger partial charge in [0.25, 0.3) is 0 Å². The number of carbonyl (C=O) groups excluding carboxylic acids is 1. The summed E-state index contributed by atoms with van der Waals surface area (Å²) in [6.45, 7) is 9.13. The molecule has 33 heavy (non-hydrogen) atoms. The molecule has 0 bridgehead atoms. The van der Waals surface area contributed by atoms with Crippen LogP contribution in [-0.4, -0.2) is 60.0 Å². The van der Waals surface area contributed by atoms with E-state index in [0.29, 0.717) is 0 Å². The Morgan fingerprint density at radius 2 is 1.94 bits per heavy atom. The third kappa shape index (κ3) is 4.53. The third-order valence-electron chi connectivity index (χ3n) is 6.88. The van der Waals surface area contributed by atoms with Gasteiger partial charge in [-0.1, -0.05) is 24.6 Å². The van der Waals surface area contributed by atoms with Gasteiger partial charge in [-0.3, -0.25) is 4.79 Å². The van der Waals surface area contributed by atoms with Crippen LogP contribution < -0.4 is 9.80 Å². The minimum absolute atomic E-state index is 0.0208. The van der Waals surface area contributed by atoms with E-state index in [1.165, 1.54) is 16.1 Å². The summed E-state index contributed by atoms with van der Waals surface area (Å²) in [5, 5.41) is 1.88. The van der Waals surface area contributed by atoms with Gasteiger partial charge >= 0.3 is 0 Å². The number of aromatic nitrogens is 2. The predicted molar refractivity (Wildman–Crippen MR) is 137 cm³/mol. The average molecular weight is 484 g/mol. The topological polar surface area (TPSA) is 52.6 Å². The van der Waals surface area contributed by atoms with E-state index < -0.39 is 0 Å². The van der Waals surface area contributed by atoms with E-state index in [1.54, 1.807) is 17.7 Å². The summed E-state index contributed by atoms with van der Waals surface area (Å²) in [6.07, 6.45) is 4.62. The van der Waals surface area contributed by atoms with Gasteiger partial charge < -0.3 is 14.7 Å². The first-order valence-electron chi connectivity index (χ1n) is 11.8. The Hall–Kier alpha value is -2.38. The van der Waals surface area contributed by atoms with Crippen molar-refractivity contribution in [3.63, 3.8) is 0 Å². The van der Waals surface area contributed by atoms with Gasteiger partial charge in [0, 0.05) is 54.9 Å². The van der Waals surface area contributed by atoms with E-state index >= 15 is 0 Å². The molecule has 8 heteroatoms. The van der Waals surface area contributed by atoms with Gasteiger partial charge in [0.15, 0.2) is 0 Å². The lowest BCUT2D eigenvalue weighted by atomic mass is 9.96. The number of carbonyl (C=O) groups is 1. The molecule has 0 N–H and O–H groups in total. The quantitative estimate of drug-likeness (QED) is 0.534. The maximum absolute atomic E-state index is 13.4. The van der Waals surface area contributed by atoms with Crippen LogP contribution >= 0.6 is 22.9 Å². The summed E-state index contributed by atoms with van der Waals surface area (Å²) in [4.78, 5) is 31.6. The average Bonchev–Trinajstić information content (AvgIpc) is 3.29. The number of amides is 1. The van der Waals surface area contributed by atoms with E-state index in [0.717, 1.165) is 79.6 Å². The van der Waals surface area contributed by atoms with E-state index in [4.69, 9.17) is 11.6 Å². The Balaban J connectivity index is 1.26. The lowest BCUT2D eigenvalue weighted by Gasteiger charge is -2.40. The van der Waals surface area contributed by atoms with Crippen LogP contribution in [-0.2, 0) is 11.2 Å². The first kappa shape index (κ1) is 22.4. The number of rotatable bonds is 4. The Morgan fingerprint density at radius 3 is 2.73 bits per heavy atom. The number of thiophene rings is 1. The second-order valence-electron chi connectivity index (χ2n) is 9.01.